The minimum atomic E-state index is -3.46. The van der Waals surface area contributed by atoms with Gasteiger partial charge in [-0.1, -0.05) is 17.7 Å². The van der Waals surface area contributed by atoms with Crippen LogP contribution in [-0.2, 0) is 14.8 Å². The summed E-state index contributed by atoms with van der Waals surface area (Å²) in [6, 6.07) is 5.26. The van der Waals surface area contributed by atoms with Crippen LogP contribution in [0.4, 0.5) is 5.69 Å². The van der Waals surface area contributed by atoms with E-state index in [-0.39, 0.29) is 18.0 Å². The van der Waals surface area contributed by atoms with Gasteiger partial charge in [0.1, 0.15) is 0 Å². The van der Waals surface area contributed by atoms with Crippen molar-refractivity contribution in [1.29, 1.82) is 0 Å². The van der Waals surface area contributed by atoms with Crippen LogP contribution in [0.3, 0.4) is 0 Å². The number of nitrogens with one attached hydrogen (secondary N) is 1. The summed E-state index contributed by atoms with van der Waals surface area (Å²) in [4.78, 5) is 12.7. The minimum absolute atomic E-state index is 0.00585. The van der Waals surface area contributed by atoms with Gasteiger partial charge in [-0.15, -0.1) is 0 Å². The van der Waals surface area contributed by atoms with Crippen molar-refractivity contribution in [3.05, 3.63) is 28.8 Å². The van der Waals surface area contributed by atoms with Crippen LogP contribution >= 0.6 is 11.6 Å². The molecule has 5 nitrogen and oxygen atoms in total. The Balaban J connectivity index is 1.37. The zero-order valence-electron chi connectivity index (χ0n) is 17.3. The van der Waals surface area contributed by atoms with Crippen LogP contribution in [0.1, 0.15) is 56.9 Å². The number of hydrogen-bond acceptors (Lipinski definition) is 3. The second-order valence-corrected chi connectivity index (χ2v) is 11.9. The van der Waals surface area contributed by atoms with E-state index < -0.39 is 10.0 Å². The number of anilines is 1. The van der Waals surface area contributed by atoms with E-state index in [0.717, 1.165) is 42.6 Å². The highest BCUT2D eigenvalue weighted by molar-refractivity contribution is 7.92. The highest BCUT2D eigenvalue weighted by Crippen LogP contribution is 2.55. The Morgan fingerprint density at radius 1 is 1.17 bits per heavy atom. The lowest BCUT2D eigenvalue weighted by molar-refractivity contribution is -0.126. The Bertz CT molecular complexity index is 864. The Labute approximate surface area is 179 Å². The van der Waals surface area contributed by atoms with Crippen LogP contribution < -0.4 is 9.62 Å². The minimum Gasteiger partial charge on any atom is -0.351 e. The van der Waals surface area contributed by atoms with Crippen LogP contribution in [0.5, 0.6) is 0 Å². The molecule has 0 spiro atoms. The topological polar surface area (TPSA) is 66.5 Å². The molecule has 0 unspecified atom stereocenters. The average Bonchev–Trinajstić information content (AvgIpc) is 2.59. The molecule has 1 amide bonds. The van der Waals surface area contributed by atoms with Crippen LogP contribution in [0, 0.1) is 24.7 Å². The second kappa shape index (κ2) is 7.77. The number of rotatable bonds is 7. The zero-order valence-corrected chi connectivity index (χ0v) is 18.9. The molecule has 160 valence electrons. The predicted octanol–water partition coefficient (Wildman–Crippen LogP) is 4.28. The molecule has 1 aromatic rings. The summed E-state index contributed by atoms with van der Waals surface area (Å²) in [5, 5.41) is 3.91. The molecule has 4 bridgehead atoms. The highest BCUT2D eigenvalue weighted by atomic mass is 35.5. The van der Waals surface area contributed by atoms with Crippen molar-refractivity contribution >= 4 is 33.2 Å². The monoisotopic (exact) mass is 438 g/mol. The molecule has 4 saturated carbocycles. The maximum absolute atomic E-state index is 12.7. The molecule has 1 N–H and O–H groups in total. The number of carbonyl (C=O) groups is 1. The average molecular weight is 439 g/mol. The van der Waals surface area contributed by atoms with E-state index in [1.54, 1.807) is 18.2 Å². The molecule has 1 aromatic carbocycles. The molecule has 29 heavy (non-hydrogen) atoms. The van der Waals surface area contributed by atoms with Crippen molar-refractivity contribution in [3.8, 4) is 0 Å². The largest absolute Gasteiger partial charge is 0.351 e. The van der Waals surface area contributed by atoms with E-state index in [1.165, 1.54) is 29.8 Å². The van der Waals surface area contributed by atoms with Crippen LogP contribution in [0.15, 0.2) is 18.2 Å². The molecular weight excluding hydrogens is 408 g/mol. The Hall–Kier alpha value is -1.27. The summed E-state index contributed by atoms with van der Waals surface area (Å²) in [7, 11) is -3.46. The normalized spacial score (nSPS) is 30.4. The molecule has 4 fully saturated rings. The number of benzene rings is 1. The van der Waals surface area contributed by atoms with Gasteiger partial charge in [-0.2, -0.15) is 0 Å². The van der Waals surface area contributed by atoms with Gasteiger partial charge in [0.2, 0.25) is 15.9 Å². The molecule has 0 aromatic heterocycles. The van der Waals surface area contributed by atoms with E-state index in [4.69, 9.17) is 11.6 Å². The van der Waals surface area contributed by atoms with Crippen molar-refractivity contribution in [2.24, 2.45) is 17.8 Å². The number of amides is 1. The maximum atomic E-state index is 12.7. The first-order valence-corrected chi connectivity index (χ1v) is 12.9. The molecular formula is C22H31ClN2O3S. The quantitative estimate of drug-likeness (QED) is 0.690. The van der Waals surface area contributed by atoms with Crippen LogP contribution in [0.2, 0.25) is 5.02 Å². The van der Waals surface area contributed by atoms with Crippen molar-refractivity contribution < 1.29 is 13.2 Å². The third-order valence-corrected chi connectivity index (χ3v) is 8.71. The first-order chi connectivity index (χ1) is 13.7. The van der Waals surface area contributed by atoms with Gasteiger partial charge in [-0.05, 0) is 87.3 Å². The lowest BCUT2D eigenvalue weighted by Crippen LogP contribution is -2.59. The summed E-state index contributed by atoms with van der Waals surface area (Å²) in [6.45, 7) is 2.09. The number of carbonyl (C=O) groups excluding carboxylic acids is 1. The van der Waals surface area contributed by atoms with Gasteiger partial charge in [0, 0.05) is 23.5 Å². The van der Waals surface area contributed by atoms with Crippen LogP contribution in [0.25, 0.3) is 0 Å². The fourth-order valence-electron chi connectivity index (χ4n) is 6.34. The Kier molecular flexibility index (Phi) is 5.62. The number of sulfonamides is 1. The predicted molar refractivity (Wildman–Crippen MR) is 117 cm³/mol. The first kappa shape index (κ1) is 21.0. The van der Waals surface area contributed by atoms with Gasteiger partial charge >= 0.3 is 0 Å². The second-order valence-electron chi connectivity index (χ2n) is 9.57. The number of hydrogen-bond donors (Lipinski definition) is 1. The molecule has 0 saturated heterocycles. The lowest BCUT2D eigenvalue weighted by atomic mass is 9.53. The number of nitrogens with zero attached hydrogens (tertiary/aromatic N) is 1. The molecule has 0 aliphatic heterocycles. The third kappa shape index (κ3) is 4.43. The van der Waals surface area contributed by atoms with Crippen molar-refractivity contribution in [2.45, 2.75) is 63.8 Å². The fourth-order valence-corrected chi connectivity index (χ4v) is 7.52. The van der Waals surface area contributed by atoms with Gasteiger partial charge in [-0.25, -0.2) is 8.42 Å². The third-order valence-electron chi connectivity index (χ3n) is 7.12. The molecule has 4 aliphatic rings. The van der Waals surface area contributed by atoms with Crippen LogP contribution in [-0.4, -0.2) is 32.7 Å². The molecule has 5 rings (SSSR count). The van der Waals surface area contributed by atoms with Gasteiger partial charge < -0.3 is 5.32 Å². The Morgan fingerprint density at radius 3 is 2.31 bits per heavy atom. The van der Waals surface area contributed by atoms with Crippen molar-refractivity contribution in [3.63, 3.8) is 0 Å². The summed E-state index contributed by atoms with van der Waals surface area (Å²) in [5.74, 6) is 2.41. The van der Waals surface area contributed by atoms with E-state index in [2.05, 4.69) is 5.32 Å². The lowest BCUT2D eigenvalue weighted by Gasteiger charge is -2.56. The number of halogens is 1. The molecule has 4 aliphatic carbocycles. The van der Waals surface area contributed by atoms with Gasteiger partial charge in [0.15, 0.2) is 0 Å². The van der Waals surface area contributed by atoms with Gasteiger partial charge in [0.05, 0.1) is 11.9 Å². The van der Waals surface area contributed by atoms with E-state index in [0.29, 0.717) is 23.6 Å². The van der Waals surface area contributed by atoms with Gasteiger partial charge in [-0.3, -0.25) is 9.10 Å². The highest BCUT2D eigenvalue weighted by Gasteiger charge is 2.51. The zero-order chi connectivity index (χ0) is 20.8. The fraction of sp³-hybridized carbons (Fsp3) is 0.682. The van der Waals surface area contributed by atoms with Crippen molar-refractivity contribution in [1.82, 2.24) is 5.32 Å². The summed E-state index contributed by atoms with van der Waals surface area (Å²) in [5.41, 5.74) is 1.32. The summed E-state index contributed by atoms with van der Waals surface area (Å²) >= 11 is 6.18. The summed E-state index contributed by atoms with van der Waals surface area (Å²) < 4.78 is 26.1. The standard InChI is InChI=1S/C22H31ClN2O3S/c1-15-19(23)5-3-6-20(15)25(29(2,27)28)8-4-7-21(26)24-22-12-16-9-17(13-22)11-18(10-16)14-22/h3,5-6,16-18H,4,7-14H2,1-2H3,(H,24,26). The van der Waals surface area contributed by atoms with E-state index in [9.17, 15) is 13.2 Å². The maximum Gasteiger partial charge on any atom is 0.232 e. The SMILES string of the molecule is Cc1c(Cl)cccc1N(CCCC(=O)NC12CC3CC(CC(C3)C1)C2)S(C)(=O)=O. The van der Waals surface area contributed by atoms with E-state index >= 15 is 0 Å². The molecule has 7 heteroatoms. The smallest absolute Gasteiger partial charge is 0.232 e. The molecule has 0 atom stereocenters. The summed E-state index contributed by atoms with van der Waals surface area (Å²) in [6.07, 6.45) is 9.44. The van der Waals surface area contributed by atoms with E-state index in [1.807, 2.05) is 6.92 Å². The van der Waals surface area contributed by atoms with Gasteiger partial charge in [0.25, 0.3) is 0 Å². The van der Waals surface area contributed by atoms with Crippen molar-refractivity contribution in [2.75, 3.05) is 17.1 Å². The molecule has 0 heterocycles. The molecule has 0 radical (unpaired) electrons. The Morgan fingerprint density at radius 2 is 1.76 bits per heavy atom. The first-order valence-electron chi connectivity index (χ1n) is 10.7.